The molecule has 0 aliphatic rings. The molecule has 0 aromatic carbocycles. The molecule has 0 spiro atoms. The Morgan fingerprint density at radius 1 is 1.50 bits per heavy atom. The molecule has 44 valence electrons. The van der Waals surface area contributed by atoms with Gasteiger partial charge in [-0.2, -0.15) is 0 Å². The van der Waals surface area contributed by atoms with E-state index in [4.69, 9.17) is 0 Å². The molecule has 0 saturated carbocycles. The van der Waals surface area contributed by atoms with E-state index in [-0.39, 0.29) is 5.56 Å². The Morgan fingerprint density at radius 2 is 2.12 bits per heavy atom. The molecule has 0 aliphatic heterocycles. The normalized spacial score (nSPS) is 9.75. The first-order valence-electron chi connectivity index (χ1n) is 2.18. The van der Waals surface area contributed by atoms with Gasteiger partial charge in [-0.05, 0) is 6.92 Å². The maximum absolute atomic E-state index is 10.5. The third-order valence-corrected chi connectivity index (χ3v) is 1.47. The predicted octanol–water partition coefficient (Wildman–Crippen LogP) is 0.300. The van der Waals surface area contributed by atoms with Gasteiger partial charge in [0.05, 0.1) is 4.90 Å². The molecule has 0 saturated heterocycles. The molecule has 1 aromatic rings. The number of thiol groups is 1. The van der Waals surface area contributed by atoms with Crippen LogP contribution in [0.1, 0.15) is 5.69 Å². The van der Waals surface area contributed by atoms with Gasteiger partial charge in [0.15, 0.2) is 0 Å². The lowest BCUT2D eigenvalue weighted by atomic mass is 10.5. The summed E-state index contributed by atoms with van der Waals surface area (Å²) in [6, 6.07) is 0. The summed E-state index contributed by atoms with van der Waals surface area (Å²) in [5, 5.41) is 5.00. The van der Waals surface area contributed by atoms with Crippen molar-refractivity contribution in [1.82, 2.24) is 10.2 Å². The quantitative estimate of drug-likeness (QED) is 0.435. The second kappa shape index (κ2) is 1.70. The number of aryl methyl sites for hydroxylation is 1. The lowest BCUT2D eigenvalue weighted by Gasteiger charge is -1.77. The van der Waals surface area contributed by atoms with Gasteiger partial charge in [0.25, 0.3) is 5.56 Å². The zero-order valence-electron chi connectivity index (χ0n) is 4.36. The summed E-state index contributed by atoms with van der Waals surface area (Å²) in [5.74, 6) is 0. The number of aromatic amines is 2. The summed E-state index contributed by atoms with van der Waals surface area (Å²) in [6.45, 7) is 1.78. The first-order valence-corrected chi connectivity index (χ1v) is 2.62. The molecule has 1 rings (SSSR count). The van der Waals surface area contributed by atoms with Gasteiger partial charge in [-0.25, -0.2) is 0 Å². The second-order valence-electron chi connectivity index (χ2n) is 1.55. The lowest BCUT2D eigenvalue weighted by molar-refractivity contribution is 1.02. The van der Waals surface area contributed by atoms with Gasteiger partial charge in [0.1, 0.15) is 0 Å². The average molecular weight is 130 g/mol. The van der Waals surface area contributed by atoms with Crippen molar-refractivity contribution in [3.05, 3.63) is 16.0 Å². The number of hydrogen-bond acceptors (Lipinski definition) is 2. The van der Waals surface area contributed by atoms with Crippen LogP contribution in [0.15, 0.2) is 9.69 Å². The molecular weight excluding hydrogens is 124 g/mol. The highest BCUT2D eigenvalue weighted by atomic mass is 32.1. The maximum atomic E-state index is 10.5. The fourth-order valence-corrected chi connectivity index (χ4v) is 0.551. The molecule has 0 fully saturated rings. The Bertz CT molecular complexity index is 236. The fraction of sp³-hybridized carbons (Fsp3) is 0.250. The monoisotopic (exact) mass is 130 g/mol. The largest absolute Gasteiger partial charge is 0.301 e. The lowest BCUT2D eigenvalue weighted by Crippen LogP contribution is -1.97. The van der Waals surface area contributed by atoms with Crippen molar-refractivity contribution >= 4 is 12.6 Å². The van der Waals surface area contributed by atoms with Crippen LogP contribution in [0.3, 0.4) is 0 Å². The van der Waals surface area contributed by atoms with Gasteiger partial charge in [-0.1, -0.05) is 0 Å². The Labute approximate surface area is 51.5 Å². The van der Waals surface area contributed by atoms with Crippen molar-refractivity contribution in [3.8, 4) is 0 Å². The summed E-state index contributed by atoms with van der Waals surface area (Å²) >= 11 is 3.89. The van der Waals surface area contributed by atoms with Crippen LogP contribution in [0, 0.1) is 6.92 Å². The Hall–Kier alpha value is -0.640. The standard InChI is InChI=1S/C4H6N2OS/c1-2-3(8)4(7)6-5-2/h8H,1H3,(H2,5,6,7). The highest BCUT2D eigenvalue weighted by Gasteiger charge is 1.96. The summed E-state index contributed by atoms with van der Waals surface area (Å²) in [4.78, 5) is 10.9. The predicted molar refractivity (Wildman–Crippen MR) is 33.4 cm³/mol. The van der Waals surface area contributed by atoms with Gasteiger partial charge in [-0.3, -0.25) is 9.89 Å². The van der Waals surface area contributed by atoms with Crippen LogP contribution in [-0.2, 0) is 0 Å². The molecule has 0 atom stereocenters. The van der Waals surface area contributed by atoms with Crippen LogP contribution in [-0.4, -0.2) is 10.2 Å². The summed E-state index contributed by atoms with van der Waals surface area (Å²) < 4.78 is 0. The summed E-state index contributed by atoms with van der Waals surface area (Å²) in [5.41, 5.74) is 0.615. The molecule has 0 amide bonds. The number of rotatable bonds is 0. The second-order valence-corrected chi connectivity index (χ2v) is 2.00. The van der Waals surface area contributed by atoms with Gasteiger partial charge in [0.2, 0.25) is 0 Å². The minimum atomic E-state index is -0.161. The molecule has 8 heavy (non-hydrogen) atoms. The maximum Gasteiger partial charge on any atom is 0.277 e. The minimum Gasteiger partial charge on any atom is -0.301 e. The number of hydrogen-bond donors (Lipinski definition) is 3. The van der Waals surface area contributed by atoms with Crippen LogP contribution in [0.5, 0.6) is 0 Å². The van der Waals surface area contributed by atoms with Crippen molar-refractivity contribution < 1.29 is 0 Å². The fourth-order valence-electron chi connectivity index (χ4n) is 0.439. The van der Waals surface area contributed by atoms with E-state index in [2.05, 4.69) is 22.8 Å². The first-order chi connectivity index (χ1) is 3.72. The third kappa shape index (κ3) is 0.667. The van der Waals surface area contributed by atoms with Crippen molar-refractivity contribution in [2.75, 3.05) is 0 Å². The molecule has 0 radical (unpaired) electrons. The van der Waals surface area contributed by atoms with Crippen LogP contribution in [0.2, 0.25) is 0 Å². The molecule has 1 heterocycles. The van der Waals surface area contributed by atoms with Gasteiger partial charge in [-0.15, -0.1) is 12.6 Å². The van der Waals surface area contributed by atoms with E-state index in [1.54, 1.807) is 6.92 Å². The number of nitrogens with one attached hydrogen (secondary N) is 2. The third-order valence-electron chi connectivity index (χ3n) is 0.934. The van der Waals surface area contributed by atoms with Gasteiger partial charge < -0.3 is 5.10 Å². The van der Waals surface area contributed by atoms with E-state index in [0.29, 0.717) is 4.90 Å². The molecule has 3 nitrogen and oxygen atoms in total. The molecule has 0 aliphatic carbocycles. The van der Waals surface area contributed by atoms with Crippen molar-refractivity contribution in [3.63, 3.8) is 0 Å². The summed E-state index contributed by atoms with van der Waals surface area (Å²) in [7, 11) is 0. The highest BCUT2D eigenvalue weighted by Crippen LogP contribution is 1.99. The molecule has 0 bridgehead atoms. The highest BCUT2D eigenvalue weighted by molar-refractivity contribution is 7.80. The van der Waals surface area contributed by atoms with Gasteiger partial charge >= 0.3 is 0 Å². The SMILES string of the molecule is Cc1[nH][nH]c(=O)c1S. The van der Waals surface area contributed by atoms with Gasteiger partial charge in [0, 0.05) is 5.69 Å². The zero-order valence-corrected chi connectivity index (χ0v) is 5.25. The van der Waals surface area contributed by atoms with Crippen LogP contribution in [0.25, 0.3) is 0 Å². The molecular formula is C4H6N2OS. The first kappa shape index (κ1) is 5.50. The van der Waals surface area contributed by atoms with E-state index in [9.17, 15) is 4.79 Å². The van der Waals surface area contributed by atoms with E-state index in [0.717, 1.165) is 5.69 Å². The van der Waals surface area contributed by atoms with E-state index in [1.807, 2.05) is 0 Å². The van der Waals surface area contributed by atoms with E-state index in [1.165, 1.54) is 0 Å². The zero-order chi connectivity index (χ0) is 6.15. The minimum absolute atomic E-state index is 0.161. The Balaban J connectivity index is 3.41. The van der Waals surface area contributed by atoms with Crippen LogP contribution >= 0.6 is 12.6 Å². The molecule has 1 aromatic heterocycles. The Kier molecular flexibility index (Phi) is 1.17. The van der Waals surface area contributed by atoms with Crippen molar-refractivity contribution in [1.29, 1.82) is 0 Å². The Morgan fingerprint density at radius 3 is 2.25 bits per heavy atom. The topological polar surface area (TPSA) is 48.6 Å². The van der Waals surface area contributed by atoms with E-state index < -0.39 is 0 Å². The molecule has 2 N–H and O–H groups in total. The van der Waals surface area contributed by atoms with Crippen molar-refractivity contribution in [2.24, 2.45) is 0 Å². The van der Waals surface area contributed by atoms with Crippen LogP contribution < -0.4 is 5.56 Å². The molecule has 0 unspecified atom stereocenters. The van der Waals surface area contributed by atoms with E-state index >= 15 is 0 Å². The smallest absolute Gasteiger partial charge is 0.277 e. The average Bonchev–Trinajstić information content (AvgIpc) is 1.98. The van der Waals surface area contributed by atoms with Crippen molar-refractivity contribution in [2.45, 2.75) is 11.8 Å². The van der Waals surface area contributed by atoms with Crippen LogP contribution in [0.4, 0.5) is 0 Å². The number of H-pyrrole nitrogens is 2. The number of aromatic nitrogens is 2. The summed E-state index contributed by atoms with van der Waals surface area (Å²) in [6.07, 6.45) is 0. The molecule has 4 heteroatoms.